The number of benzene rings is 1. The van der Waals surface area contributed by atoms with E-state index in [1.165, 1.54) is 25.9 Å². The first-order chi connectivity index (χ1) is 12.7. The van der Waals surface area contributed by atoms with Gasteiger partial charge in [0.2, 0.25) is 0 Å². The quantitative estimate of drug-likeness (QED) is 0.319. The summed E-state index contributed by atoms with van der Waals surface area (Å²) in [6.07, 6.45) is 3.41. The SMILES string of the molecule is CCNC(=NCC1CCCN(CC)C1)NCCc1ccc(OC)cc1Cl.I. The molecule has 154 valence electrons. The molecule has 1 aliphatic heterocycles. The zero-order chi connectivity index (χ0) is 18.8. The van der Waals surface area contributed by atoms with Gasteiger partial charge in [0.25, 0.3) is 0 Å². The second kappa shape index (κ2) is 13.4. The molecule has 7 heteroatoms. The van der Waals surface area contributed by atoms with E-state index < -0.39 is 0 Å². The predicted octanol–water partition coefficient (Wildman–Crippen LogP) is 3.80. The molecular weight excluding hydrogens is 475 g/mol. The van der Waals surface area contributed by atoms with Crippen LogP contribution in [-0.2, 0) is 6.42 Å². The van der Waals surface area contributed by atoms with Gasteiger partial charge in [0.05, 0.1) is 7.11 Å². The van der Waals surface area contributed by atoms with E-state index >= 15 is 0 Å². The molecule has 1 aromatic rings. The van der Waals surface area contributed by atoms with Gasteiger partial charge in [-0.05, 0) is 62.9 Å². The molecule has 1 heterocycles. The number of nitrogens with zero attached hydrogens (tertiary/aromatic N) is 2. The summed E-state index contributed by atoms with van der Waals surface area (Å²) in [4.78, 5) is 7.33. The molecule has 0 spiro atoms. The maximum Gasteiger partial charge on any atom is 0.191 e. The summed E-state index contributed by atoms with van der Waals surface area (Å²) < 4.78 is 5.20. The molecule has 0 bridgehead atoms. The summed E-state index contributed by atoms with van der Waals surface area (Å²) in [6.45, 7) is 10.4. The average Bonchev–Trinajstić information content (AvgIpc) is 2.67. The van der Waals surface area contributed by atoms with Crippen molar-refractivity contribution in [3.05, 3.63) is 28.8 Å². The van der Waals surface area contributed by atoms with Crippen molar-refractivity contribution in [2.75, 3.05) is 46.4 Å². The van der Waals surface area contributed by atoms with Gasteiger partial charge < -0.3 is 20.3 Å². The number of hydrogen-bond acceptors (Lipinski definition) is 3. The topological polar surface area (TPSA) is 48.9 Å². The Balaban J connectivity index is 0.00000364. The summed E-state index contributed by atoms with van der Waals surface area (Å²) in [6, 6.07) is 5.83. The van der Waals surface area contributed by atoms with Crippen LogP contribution in [0, 0.1) is 5.92 Å². The molecule has 0 radical (unpaired) electrons. The van der Waals surface area contributed by atoms with E-state index in [4.69, 9.17) is 21.3 Å². The van der Waals surface area contributed by atoms with E-state index in [1.54, 1.807) is 7.11 Å². The van der Waals surface area contributed by atoms with Crippen LogP contribution in [0.25, 0.3) is 0 Å². The Bertz CT molecular complexity index is 585. The molecule has 1 atom stereocenters. The van der Waals surface area contributed by atoms with Crippen LogP contribution in [0.5, 0.6) is 5.75 Å². The highest BCUT2D eigenvalue weighted by Crippen LogP contribution is 2.22. The molecule has 27 heavy (non-hydrogen) atoms. The largest absolute Gasteiger partial charge is 0.497 e. The van der Waals surface area contributed by atoms with Gasteiger partial charge in [0.1, 0.15) is 5.75 Å². The number of likely N-dealkylation sites (tertiary alicyclic amines) is 1. The monoisotopic (exact) mass is 508 g/mol. The van der Waals surface area contributed by atoms with Crippen molar-refractivity contribution in [3.63, 3.8) is 0 Å². The standard InChI is InChI=1S/C20H33ClN4O.HI/c1-4-22-20(24-14-16-7-6-12-25(5-2)15-16)23-11-10-17-8-9-18(26-3)13-19(17)21;/h8-9,13,16H,4-7,10-12,14-15H2,1-3H3,(H2,22,23,24);1H. The minimum atomic E-state index is 0. The lowest BCUT2D eigenvalue weighted by molar-refractivity contribution is 0.186. The van der Waals surface area contributed by atoms with Gasteiger partial charge in [-0.25, -0.2) is 0 Å². The molecule has 2 N–H and O–H groups in total. The van der Waals surface area contributed by atoms with Gasteiger partial charge >= 0.3 is 0 Å². The Morgan fingerprint density at radius 3 is 2.81 bits per heavy atom. The number of hydrogen-bond donors (Lipinski definition) is 2. The maximum absolute atomic E-state index is 6.32. The smallest absolute Gasteiger partial charge is 0.191 e. The number of methoxy groups -OCH3 is 1. The normalized spacial score (nSPS) is 17.9. The number of ether oxygens (including phenoxy) is 1. The first-order valence-electron chi connectivity index (χ1n) is 9.73. The second-order valence-electron chi connectivity index (χ2n) is 6.76. The molecule has 0 saturated carbocycles. The van der Waals surface area contributed by atoms with Gasteiger partial charge in [-0.15, -0.1) is 24.0 Å². The average molecular weight is 509 g/mol. The van der Waals surface area contributed by atoms with Crippen LogP contribution < -0.4 is 15.4 Å². The third-order valence-electron chi connectivity index (χ3n) is 4.85. The molecule has 0 aromatic heterocycles. The second-order valence-corrected chi connectivity index (χ2v) is 7.16. The van der Waals surface area contributed by atoms with Crippen LogP contribution >= 0.6 is 35.6 Å². The van der Waals surface area contributed by atoms with E-state index in [9.17, 15) is 0 Å². The zero-order valence-corrected chi connectivity index (χ0v) is 19.8. The van der Waals surface area contributed by atoms with Crippen LogP contribution in [0.2, 0.25) is 5.02 Å². The van der Waals surface area contributed by atoms with E-state index in [0.717, 1.165) is 54.9 Å². The fourth-order valence-electron chi connectivity index (χ4n) is 3.32. The Morgan fingerprint density at radius 2 is 2.15 bits per heavy atom. The van der Waals surface area contributed by atoms with Crippen molar-refractivity contribution in [3.8, 4) is 5.75 Å². The van der Waals surface area contributed by atoms with Crippen molar-refractivity contribution in [1.29, 1.82) is 0 Å². The minimum absolute atomic E-state index is 0. The third-order valence-corrected chi connectivity index (χ3v) is 5.20. The van der Waals surface area contributed by atoms with Gasteiger partial charge in [-0.3, -0.25) is 4.99 Å². The first-order valence-corrected chi connectivity index (χ1v) is 10.1. The van der Waals surface area contributed by atoms with Crippen molar-refractivity contribution >= 4 is 41.5 Å². The maximum atomic E-state index is 6.32. The Hall–Kier alpha value is -0.730. The lowest BCUT2D eigenvalue weighted by atomic mass is 9.98. The highest BCUT2D eigenvalue weighted by atomic mass is 127. The summed E-state index contributed by atoms with van der Waals surface area (Å²) in [5, 5.41) is 7.51. The lowest BCUT2D eigenvalue weighted by Gasteiger charge is -2.31. The van der Waals surface area contributed by atoms with Crippen molar-refractivity contribution in [1.82, 2.24) is 15.5 Å². The van der Waals surface area contributed by atoms with E-state index in [-0.39, 0.29) is 24.0 Å². The van der Waals surface area contributed by atoms with Crippen LogP contribution in [0.3, 0.4) is 0 Å². The van der Waals surface area contributed by atoms with E-state index in [1.807, 2.05) is 18.2 Å². The predicted molar refractivity (Wildman–Crippen MR) is 126 cm³/mol. The lowest BCUT2D eigenvalue weighted by Crippen LogP contribution is -2.40. The molecular formula is C20H34ClIN4O. The summed E-state index contributed by atoms with van der Waals surface area (Å²) >= 11 is 6.32. The number of guanidine groups is 1. The van der Waals surface area contributed by atoms with Crippen LogP contribution in [-0.4, -0.2) is 57.2 Å². The highest BCUT2D eigenvalue weighted by Gasteiger charge is 2.18. The summed E-state index contributed by atoms with van der Waals surface area (Å²) in [5.41, 5.74) is 1.11. The molecule has 1 aromatic carbocycles. The summed E-state index contributed by atoms with van der Waals surface area (Å²) in [7, 11) is 1.65. The highest BCUT2D eigenvalue weighted by molar-refractivity contribution is 14.0. The van der Waals surface area contributed by atoms with Gasteiger partial charge in [-0.1, -0.05) is 24.6 Å². The van der Waals surface area contributed by atoms with E-state index in [0.29, 0.717) is 5.92 Å². The van der Waals surface area contributed by atoms with Crippen molar-refractivity contribution in [2.45, 2.75) is 33.1 Å². The van der Waals surface area contributed by atoms with Crippen molar-refractivity contribution in [2.24, 2.45) is 10.9 Å². The first kappa shape index (κ1) is 24.3. The van der Waals surface area contributed by atoms with Crippen LogP contribution in [0.4, 0.5) is 0 Å². The molecule has 2 rings (SSSR count). The number of rotatable bonds is 8. The fourth-order valence-corrected chi connectivity index (χ4v) is 3.59. The Labute approximate surface area is 186 Å². The van der Waals surface area contributed by atoms with Crippen LogP contribution in [0.15, 0.2) is 23.2 Å². The van der Waals surface area contributed by atoms with Gasteiger partial charge in [0.15, 0.2) is 5.96 Å². The molecule has 1 aliphatic rings. The molecule has 0 aliphatic carbocycles. The fraction of sp³-hybridized carbons (Fsp3) is 0.650. The molecule has 1 unspecified atom stereocenters. The van der Waals surface area contributed by atoms with Gasteiger partial charge in [-0.2, -0.15) is 0 Å². The molecule has 1 fully saturated rings. The third kappa shape index (κ3) is 8.44. The number of halogens is 2. The Morgan fingerprint density at radius 1 is 1.33 bits per heavy atom. The van der Waals surface area contributed by atoms with Crippen molar-refractivity contribution < 1.29 is 4.74 Å². The van der Waals surface area contributed by atoms with Gasteiger partial charge in [0, 0.05) is 31.2 Å². The Kier molecular flexibility index (Phi) is 12.1. The summed E-state index contributed by atoms with van der Waals surface area (Å²) in [5.74, 6) is 2.34. The molecule has 5 nitrogen and oxygen atoms in total. The minimum Gasteiger partial charge on any atom is -0.497 e. The van der Waals surface area contributed by atoms with E-state index in [2.05, 4.69) is 29.4 Å². The molecule has 0 amide bonds. The number of nitrogens with one attached hydrogen (secondary N) is 2. The van der Waals surface area contributed by atoms with Crippen LogP contribution in [0.1, 0.15) is 32.3 Å². The number of aliphatic imine (C=N–C) groups is 1. The zero-order valence-electron chi connectivity index (χ0n) is 16.8. The molecule has 1 saturated heterocycles. The number of piperidine rings is 1.